The van der Waals surface area contributed by atoms with Crippen molar-refractivity contribution < 1.29 is 9.18 Å². The third-order valence-electron chi connectivity index (χ3n) is 6.01. The van der Waals surface area contributed by atoms with Gasteiger partial charge in [0.05, 0.1) is 24.0 Å². The molecule has 0 radical (unpaired) electrons. The minimum absolute atomic E-state index is 0.0358. The van der Waals surface area contributed by atoms with Crippen LogP contribution < -0.4 is 16.0 Å². The van der Waals surface area contributed by atoms with Gasteiger partial charge in [-0.05, 0) is 42.7 Å². The van der Waals surface area contributed by atoms with Gasteiger partial charge in [-0.3, -0.25) is 4.79 Å². The van der Waals surface area contributed by atoms with E-state index < -0.39 is 5.82 Å². The van der Waals surface area contributed by atoms with Crippen molar-refractivity contribution in [3.63, 3.8) is 0 Å². The van der Waals surface area contributed by atoms with E-state index in [2.05, 4.69) is 16.4 Å². The van der Waals surface area contributed by atoms with E-state index >= 15 is 0 Å². The van der Waals surface area contributed by atoms with E-state index in [1.807, 2.05) is 11.0 Å². The SMILES string of the molecule is CN/C(C#N)=C1\C(=N)CN(C)C(=O)c2ccc(F)cc2C2CCCN2c2cc1cnc2N. The number of rotatable bonds is 1. The number of aromatic nitrogens is 1. The number of carbonyl (C=O) groups excluding carboxylic acids is 1. The van der Waals surface area contributed by atoms with Gasteiger partial charge < -0.3 is 26.3 Å². The van der Waals surface area contributed by atoms with Gasteiger partial charge in [0, 0.05) is 43.5 Å². The molecule has 1 fully saturated rings. The van der Waals surface area contributed by atoms with Crippen LogP contribution in [0.1, 0.15) is 40.4 Å². The zero-order valence-corrected chi connectivity index (χ0v) is 17.9. The monoisotopic (exact) mass is 433 g/mol. The van der Waals surface area contributed by atoms with Gasteiger partial charge in [0.2, 0.25) is 0 Å². The zero-order valence-electron chi connectivity index (χ0n) is 17.9. The topological polar surface area (TPSA) is 122 Å². The zero-order chi connectivity index (χ0) is 23.0. The summed E-state index contributed by atoms with van der Waals surface area (Å²) in [5.74, 6) is -0.425. The lowest BCUT2D eigenvalue weighted by Gasteiger charge is -2.31. The molecular weight excluding hydrogens is 409 g/mol. The van der Waals surface area contributed by atoms with Crippen LogP contribution in [0.2, 0.25) is 0 Å². The van der Waals surface area contributed by atoms with E-state index in [4.69, 9.17) is 11.1 Å². The summed E-state index contributed by atoms with van der Waals surface area (Å²) in [7, 11) is 3.20. The Morgan fingerprint density at radius 3 is 2.91 bits per heavy atom. The molecule has 0 spiro atoms. The maximum Gasteiger partial charge on any atom is 0.254 e. The van der Waals surface area contributed by atoms with Crippen LogP contribution in [-0.4, -0.2) is 48.7 Å². The summed E-state index contributed by atoms with van der Waals surface area (Å²) in [6.07, 6.45) is 3.10. The number of hydrogen-bond acceptors (Lipinski definition) is 7. The first-order chi connectivity index (χ1) is 15.3. The van der Waals surface area contributed by atoms with Gasteiger partial charge in [0.15, 0.2) is 0 Å². The highest BCUT2D eigenvalue weighted by atomic mass is 19.1. The normalized spacial score (nSPS) is 20.0. The molecule has 2 aliphatic rings. The highest BCUT2D eigenvalue weighted by Gasteiger charge is 2.33. The largest absolute Gasteiger partial charge is 0.382 e. The quantitative estimate of drug-likeness (QED) is 0.595. The number of halogens is 1. The van der Waals surface area contributed by atoms with Crippen molar-refractivity contribution in [3.8, 4) is 6.07 Å². The summed E-state index contributed by atoms with van der Waals surface area (Å²) in [5, 5.41) is 21.2. The third-order valence-corrected chi connectivity index (χ3v) is 6.01. The Kier molecular flexibility index (Phi) is 5.53. The first kappa shape index (κ1) is 21.3. The molecule has 164 valence electrons. The van der Waals surface area contributed by atoms with Crippen LogP contribution in [0.4, 0.5) is 15.9 Å². The number of pyridine rings is 1. The van der Waals surface area contributed by atoms with Crippen LogP contribution in [0.15, 0.2) is 36.2 Å². The van der Waals surface area contributed by atoms with Gasteiger partial charge in [-0.1, -0.05) is 0 Å². The van der Waals surface area contributed by atoms with E-state index in [1.54, 1.807) is 14.1 Å². The van der Waals surface area contributed by atoms with Crippen LogP contribution in [0.25, 0.3) is 5.57 Å². The number of anilines is 2. The number of benzene rings is 1. The summed E-state index contributed by atoms with van der Waals surface area (Å²) in [4.78, 5) is 21.1. The van der Waals surface area contributed by atoms with Crippen LogP contribution in [0, 0.1) is 22.6 Å². The van der Waals surface area contributed by atoms with Crippen LogP contribution in [0.5, 0.6) is 0 Å². The predicted octanol–water partition coefficient (Wildman–Crippen LogP) is 2.70. The number of amides is 1. The smallest absolute Gasteiger partial charge is 0.254 e. The number of nitrogens with one attached hydrogen (secondary N) is 2. The molecule has 8 nitrogen and oxygen atoms in total. The van der Waals surface area contributed by atoms with Crippen molar-refractivity contribution >= 4 is 28.7 Å². The molecule has 9 heteroatoms. The predicted molar refractivity (Wildman–Crippen MR) is 121 cm³/mol. The number of carbonyl (C=O) groups is 1. The second-order valence-corrected chi connectivity index (χ2v) is 7.96. The Morgan fingerprint density at radius 1 is 1.41 bits per heavy atom. The molecule has 1 unspecified atom stereocenters. The van der Waals surface area contributed by atoms with Crippen molar-refractivity contribution in [2.75, 3.05) is 37.8 Å². The molecule has 0 aliphatic carbocycles. The lowest BCUT2D eigenvalue weighted by atomic mass is 9.95. The second kappa shape index (κ2) is 8.30. The Labute approximate surface area is 185 Å². The number of nitrogens with two attached hydrogens (primary N) is 1. The molecule has 2 bridgehead atoms. The van der Waals surface area contributed by atoms with E-state index in [0.29, 0.717) is 40.3 Å². The average molecular weight is 433 g/mol. The summed E-state index contributed by atoms with van der Waals surface area (Å²) >= 11 is 0. The van der Waals surface area contributed by atoms with E-state index in [9.17, 15) is 14.4 Å². The molecule has 0 saturated carbocycles. The Hall–Kier alpha value is -3.93. The molecule has 2 aliphatic heterocycles. The van der Waals surface area contributed by atoms with E-state index in [1.165, 1.54) is 29.3 Å². The first-order valence-corrected chi connectivity index (χ1v) is 10.3. The minimum Gasteiger partial charge on any atom is -0.382 e. The van der Waals surface area contributed by atoms with Gasteiger partial charge in [0.25, 0.3) is 5.91 Å². The number of fused-ring (bicyclic) bond motifs is 6. The fourth-order valence-corrected chi connectivity index (χ4v) is 4.51. The van der Waals surface area contributed by atoms with Gasteiger partial charge in [0.1, 0.15) is 23.4 Å². The van der Waals surface area contributed by atoms with Crippen molar-refractivity contribution in [2.24, 2.45) is 0 Å². The molecule has 3 heterocycles. The molecule has 1 saturated heterocycles. The second-order valence-electron chi connectivity index (χ2n) is 7.96. The Bertz CT molecular complexity index is 1180. The molecule has 1 aromatic carbocycles. The summed E-state index contributed by atoms with van der Waals surface area (Å²) < 4.78 is 14.3. The van der Waals surface area contributed by atoms with Gasteiger partial charge in [-0.25, -0.2) is 9.37 Å². The number of nitrogens with zero attached hydrogens (tertiary/aromatic N) is 4. The highest BCUT2D eigenvalue weighted by molar-refractivity contribution is 6.25. The molecule has 32 heavy (non-hydrogen) atoms. The number of nitriles is 1. The van der Waals surface area contributed by atoms with Crippen LogP contribution >= 0.6 is 0 Å². The lowest BCUT2D eigenvalue weighted by molar-refractivity contribution is 0.0813. The van der Waals surface area contributed by atoms with Crippen molar-refractivity contribution in [1.29, 1.82) is 10.7 Å². The van der Waals surface area contributed by atoms with Crippen molar-refractivity contribution in [1.82, 2.24) is 15.2 Å². The van der Waals surface area contributed by atoms with E-state index in [0.717, 1.165) is 12.8 Å². The Balaban J connectivity index is 2.01. The maximum absolute atomic E-state index is 14.3. The lowest BCUT2D eigenvalue weighted by Crippen LogP contribution is -2.35. The number of hydrogen-bond donors (Lipinski definition) is 3. The first-order valence-electron chi connectivity index (χ1n) is 10.3. The van der Waals surface area contributed by atoms with Crippen molar-refractivity contribution in [2.45, 2.75) is 18.9 Å². The maximum atomic E-state index is 14.3. The van der Waals surface area contributed by atoms with Gasteiger partial charge >= 0.3 is 0 Å². The van der Waals surface area contributed by atoms with Crippen molar-refractivity contribution in [3.05, 3.63) is 58.7 Å². The van der Waals surface area contributed by atoms with Gasteiger partial charge in [-0.15, -0.1) is 0 Å². The third kappa shape index (κ3) is 3.54. The Morgan fingerprint density at radius 2 is 2.19 bits per heavy atom. The minimum atomic E-state index is -0.413. The average Bonchev–Trinajstić information content (AvgIpc) is 3.26. The fourth-order valence-electron chi connectivity index (χ4n) is 4.51. The van der Waals surface area contributed by atoms with Gasteiger partial charge in [-0.2, -0.15) is 5.26 Å². The van der Waals surface area contributed by atoms with Crippen LogP contribution in [-0.2, 0) is 0 Å². The summed E-state index contributed by atoms with van der Waals surface area (Å²) in [6, 6.07) is 7.85. The summed E-state index contributed by atoms with van der Waals surface area (Å²) in [6.45, 7) is 0.625. The van der Waals surface area contributed by atoms with Crippen LogP contribution in [0.3, 0.4) is 0 Å². The molecule has 2 aromatic rings. The standard InChI is InChI=1S/C23H24FN7O/c1-28-18(10-25)21-13-8-20(22(27)29-11-13)31-7-3-4-19(31)16-9-14(24)5-6-15(16)23(32)30(2)12-17(21)26/h5-6,8-9,11,19,26,28H,3-4,7,12H2,1-2H3,(H2,27,29)/b21-18-,26-17?. The molecule has 1 aromatic heterocycles. The number of allylic oxidation sites excluding steroid dienone is 1. The molecule has 4 rings (SSSR count). The fraction of sp³-hybridized carbons (Fsp3) is 0.304. The molecular formula is C23H24FN7O. The summed E-state index contributed by atoms with van der Waals surface area (Å²) in [5.41, 5.74) is 9.05. The number of nitrogen functional groups attached to an aromatic ring is 1. The molecule has 1 atom stereocenters. The molecule has 4 N–H and O–H groups in total. The van der Waals surface area contributed by atoms with E-state index in [-0.39, 0.29) is 29.9 Å². The highest BCUT2D eigenvalue weighted by Crippen LogP contribution is 2.41. The molecule has 1 amide bonds.